The molecule has 2 rings (SSSR count). The minimum Gasteiger partial charge on any atom is -0.490 e. The number of benzene rings is 2. The van der Waals surface area contributed by atoms with Crippen LogP contribution in [0.25, 0.3) is 0 Å². The minimum atomic E-state index is -1.15. The van der Waals surface area contributed by atoms with E-state index in [9.17, 15) is 5.26 Å². The molecule has 1 unspecified atom stereocenters. The monoisotopic (exact) mass is 280 g/mol. The normalized spacial score (nSPS) is 13.3. The quantitative estimate of drug-likeness (QED) is 0.934. The summed E-state index contributed by atoms with van der Waals surface area (Å²) in [7, 11) is 0. The Morgan fingerprint density at radius 3 is 2.19 bits per heavy atom. The highest BCUT2D eigenvalue weighted by atomic mass is 16.5. The Kier molecular flexibility index (Phi) is 4.30. The van der Waals surface area contributed by atoms with Crippen LogP contribution in [0, 0.1) is 32.1 Å². The van der Waals surface area contributed by atoms with Gasteiger partial charge in [-0.15, -0.1) is 0 Å². The highest BCUT2D eigenvalue weighted by Gasteiger charge is 2.28. The Bertz CT molecular complexity index is 650. The highest BCUT2D eigenvalue weighted by Crippen LogP contribution is 2.27. The van der Waals surface area contributed by atoms with E-state index in [2.05, 4.69) is 25.1 Å². The smallest absolute Gasteiger partial charge is 0.164 e. The van der Waals surface area contributed by atoms with Gasteiger partial charge in [-0.05, 0) is 37.5 Å². The van der Waals surface area contributed by atoms with E-state index in [-0.39, 0.29) is 6.61 Å². The van der Waals surface area contributed by atoms with Gasteiger partial charge in [0.05, 0.1) is 6.07 Å². The number of nitrogens with two attached hydrogens (primary N) is 1. The molecular formula is C18H20N2O. The van der Waals surface area contributed by atoms with E-state index < -0.39 is 5.54 Å². The zero-order valence-electron chi connectivity index (χ0n) is 12.7. The van der Waals surface area contributed by atoms with Gasteiger partial charge in [0, 0.05) is 0 Å². The Morgan fingerprint density at radius 2 is 1.67 bits per heavy atom. The molecule has 0 aliphatic heterocycles. The van der Waals surface area contributed by atoms with Gasteiger partial charge >= 0.3 is 0 Å². The molecule has 0 fully saturated rings. The topological polar surface area (TPSA) is 59.0 Å². The molecule has 0 heterocycles. The highest BCUT2D eigenvalue weighted by molar-refractivity contribution is 5.43. The number of aryl methyl sites for hydroxylation is 3. The first-order valence-corrected chi connectivity index (χ1v) is 6.92. The Hall–Kier alpha value is -2.31. The van der Waals surface area contributed by atoms with Crippen LogP contribution in [0.5, 0.6) is 5.75 Å². The molecule has 0 aliphatic rings. The van der Waals surface area contributed by atoms with Gasteiger partial charge in [0.15, 0.2) is 5.54 Å². The zero-order chi connectivity index (χ0) is 15.5. The van der Waals surface area contributed by atoms with Crippen molar-refractivity contribution in [1.82, 2.24) is 0 Å². The lowest BCUT2D eigenvalue weighted by molar-refractivity contribution is 0.252. The van der Waals surface area contributed by atoms with Gasteiger partial charge in [-0.1, -0.05) is 48.0 Å². The second kappa shape index (κ2) is 5.99. The van der Waals surface area contributed by atoms with Crippen molar-refractivity contribution < 1.29 is 4.74 Å². The summed E-state index contributed by atoms with van der Waals surface area (Å²) in [6.45, 7) is 6.18. The molecule has 0 aliphatic carbocycles. The average Bonchev–Trinajstić information content (AvgIpc) is 2.46. The number of rotatable bonds is 4. The van der Waals surface area contributed by atoms with Crippen molar-refractivity contribution in [1.29, 1.82) is 5.26 Å². The SMILES string of the molecule is Cc1cc(C)c(OCC(N)(C#N)c2ccccc2)c(C)c1. The van der Waals surface area contributed by atoms with Crippen LogP contribution in [-0.2, 0) is 5.54 Å². The van der Waals surface area contributed by atoms with Crippen LogP contribution in [-0.4, -0.2) is 6.61 Å². The molecule has 2 aromatic rings. The molecule has 2 aromatic carbocycles. The fourth-order valence-corrected chi connectivity index (χ4v) is 2.50. The number of nitriles is 1. The molecule has 0 saturated heterocycles. The van der Waals surface area contributed by atoms with Crippen molar-refractivity contribution in [3.8, 4) is 11.8 Å². The summed E-state index contributed by atoms with van der Waals surface area (Å²) < 4.78 is 5.89. The van der Waals surface area contributed by atoms with Crippen molar-refractivity contribution in [2.75, 3.05) is 6.61 Å². The average molecular weight is 280 g/mol. The van der Waals surface area contributed by atoms with E-state index in [1.54, 1.807) is 0 Å². The third kappa shape index (κ3) is 3.24. The van der Waals surface area contributed by atoms with Crippen LogP contribution in [0.4, 0.5) is 0 Å². The van der Waals surface area contributed by atoms with Crippen LogP contribution in [0.15, 0.2) is 42.5 Å². The first-order chi connectivity index (χ1) is 9.96. The summed E-state index contributed by atoms with van der Waals surface area (Å²) in [5, 5.41) is 9.44. The number of hydrogen-bond donors (Lipinski definition) is 1. The zero-order valence-corrected chi connectivity index (χ0v) is 12.7. The predicted molar refractivity (Wildman–Crippen MR) is 84.1 cm³/mol. The standard InChI is InChI=1S/C18H20N2O/c1-13-9-14(2)17(15(3)10-13)21-12-18(20,11-19)16-7-5-4-6-8-16/h4-10H,12,20H2,1-3H3. The van der Waals surface area contributed by atoms with Gasteiger partial charge in [-0.25, -0.2) is 0 Å². The summed E-state index contributed by atoms with van der Waals surface area (Å²) in [4.78, 5) is 0. The van der Waals surface area contributed by atoms with Crippen LogP contribution in [0.3, 0.4) is 0 Å². The number of ether oxygens (including phenoxy) is 1. The molecule has 21 heavy (non-hydrogen) atoms. The van der Waals surface area contributed by atoms with Gasteiger partial charge in [0.25, 0.3) is 0 Å². The Morgan fingerprint density at radius 1 is 1.10 bits per heavy atom. The van der Waals surface area contributed by atoms with E-state index in [0.717, 1.165) is 22.4 Å². The second-order valence-electron chi connectivity index (χ2n) is 5.47. The van der Waals surface area contributed by atoms with Crippen LogP contribution in [0.2, 0.25) is 0 Å². The van der Waals surface area contributed by atoms with Crippen molar-refractivity contribution in [2.45, 2.75) is 26.3 Å². The lowest BCUT2D eigenvalue weighted by Gasteiger charge is -2.23. The van der Waals surface area contributed by atoms with Gasteiger partial charge < -0.3 is 10.5 Å². The van der Waals surface area contributed by atoms with Crippen LogP contribution < -0.4 is 10.5 Å². The van der Waals surface area contributed by atoms with Crippen LogP contribution in [0.1, 0.15) is 22.3 Å². The lowest BCUT2D eigenvalue weighted by Crippen LogP contribution is -2.41. The van der Waals surface area contributed by atoms with Crippen molar-refractivity contribution in [3.63, 3.8) is 0 Å². The molecule has 0 amide bonds. The third-order valence-corrected chi connectivity index (χ3v) is 3.54. The lowest BCUT2D eigenvalue weighted by atomic mass is 9.93. The van der Waals surface area contributed by atoms with Crippen molar-refractivity contribution in [3.05, 3.63) is 64.7 Å². The van der Waals surface area contributed by atoms with Gasteiger partial charge in [0.2, 0.25) is 0 Å². The molecule has 0 spiro atoms. The summed E-state index contributed by atoms with van der Waals surface area (Å²) in [6.07, 6.45) is 0. The fourth-order valence-electron chi connectivity index (χ4n) is 2.50. The van der Waals surface area contributed by atoms with E-state index in [0.29, 0.717) is 0 Å². The third-order valence-electron chi connectivity index (χ3n) is 3.54. The maximum atomic E-state index is 9.44. The molecule has 0 aromatic heterocycles. The maximum absolute atomic E-state index is 9.44. The van der Waals surface area contributed by atoms with Crippen LogP contribution >= 0.6 is 0 Å². The summed E-state index contributed by atoms with van der Waals surface area (Å²) in [5.74, 6) is 0.807. The van der Waals surface area contributed by atoms with E-state index in [1.165, 1.54) is 5.56 Å². The van der Waals surface area contributed by atoms with Gasteiger partial charge in [-0.3, -0.25) is 0 Å². The number of hydrogen-bond acceptors (Lipinski definition) is 3. The van der Waals surface area contributed by atoms with Crippen molar-refractivity contribution >= 4 is 0 Å². The molecule has 3 heteroatoms. The first kappa shape index (κ1) is 15.1. The Labute approximate surface area is 126 Å². The van der Waals surface area contributed by atoms with Gasteiger partial charge in [0.1, 0.15) is 12.4 Å². The fraction of sp³-hybridized carbons (Fsp3) is 0.278. The van der Waals surface area contributed by atoms with E-state index in [1.807, 2.05) is 44.2 Å². The largest absolute Gasteiger partial charge is 0.490 e. The van der Waals surface area contributed by atoms with E-state index >= 15 is 0 Å². The molecule has 0 saturated carbocycles. The maximum Gasteiger partial charge on any atom is 0.164 e. The molecule has 0 bridgehead atoms. The Balaban J connectivity index is 2.24. The molecule has 2 N–H and O–H groups in total. The summed E-state index contributed by atoms with van der Waals surface area (Å²) in [6, 6.07) is 15.6. The first-order valence-electron chi connectivity index (χ1n) is 6.92. The summed E-state index contributed by atoms with van der Waals surface area (Å²) in [5.41, 5.74) is 9.13. The van der Waals surface area contributed by atoms with Crippen molar-refractivity contribution in [2.24, 2.45) is 5.73 Å². The summed E-state index contributed by atoms with van der Waals surface area (Å²) >= 11 is 0. The molecule has 1 atom stereocenters. The molecule has 108 valence electrons. The molecule has 3 nitrogen and oxygen atoms in total. The minimum absolute atomic E-state index is 0.123. The number of nitrogens with zero attached hydrogens (tertiary/aromatic N) is 1. The van der Waals surface area contributed by atoms with E-state index in [4.69, 9.17) is 10.5 Å². The molecular weight excluding hydrogens is 260 g/mol. The molecule has 0 radical (unpaired) electrons. The second-order valence-corrected chi connectivity index (χ2v) is 5.47. The predicted octanol–water partition coefficient (Wildman–Crippen LogP) is 3.37. The van der Waals surface area contributed by atoms with Gasteiger partial charge in [-0.2, -0.15) is 5.26 Å².